The summed E-state index contributed by atoms with van der Waals surface area (Å²) in [6.45, 7) is 2.03. The minimum atomic E-state index is 0.814. The molecular weight excluding hydrogens is 275 g/mol. The van der Waals surface area contributed by atoms with Crippen LogP contribution >= 0.6 is 27.5 Å². The van der Waals surface area contributed by atoms with Gasteiger partial charge in [0.25, 0.3) is 0 Å². The van der Waals surface area contributed by atoms with E-state index in [2.05, 4.69) is 25.8 Å². The lowest BCUT2D eigenvalue weighted by Crippen LogP contribution is -2.26. The second-order valence-corrected chi connectivity index (χ2v) is 5.26. The molecular formula is C11H10BrClN2. The first-order valence-electron chi connectivity index (χ1n) is 5.04. The highest BCUT2D eigenvalue weighted by Gasteiger charge is 2.25. The Kier molecular flexibility index (Phi) is 2.25. The summed E-state index contributed by atoms with van der Waals surface area (Å²) < 4.78 is 1.00. The van der Waals surface area contributed by atoms with E-state index in [0.29, 0.717) is 0 Å². The van der Waals surface area contributed by atoms with Crippen LogP contribution in [0.1, 0.15) is 18.4 Å². The number of aliphatic imine (C=N–C) groups is 1. The van der Waals surface area contributed by atoms with Crippen LogP contribution < -0.4 is 0 Å². The molecule has 0 radical (unpaired) electrons. The lowest BCUT2D eigenvalue weighted by atomic mass is 10.1. The van der Waals surface area contributed by atoms with Crippen LogP contribution in [0.5, 0.6) is 0 Å². The van der Waals surface area contributed by atoms with Crippen LogP contribution in [0.25, 0.3) is 0 Å². The van der Waals surface area contributed by atoms with Gasteiger partial charge >= 0.3 is 0 Å². The van der Waals surface area contributed by atoms with Crippen LogP contribution in [0.4, 0.5) is 5.69 Å². The van der Waals surface area contributed by atoms with E-state index in [9.17, 15) is 0 Å². The van der Waals surface area contributed by atoms with Crippen LogP contribution in [-0.2, 0) is 6.54 Å². The second-order valence-electron chi connectivity index (χ2n) is 3.94. The Morgan fingerprint density at radius 2 is 2.27 bits per heavy atom. The molecule has 0 N–H and O–H groups in total. The zero-order chi connectivity index (χ0) is 10.4. The monoisotopic (exact) mass is 284 g/mol. The Hall–Kier alpha value is -0.540. The van der Waals surface area contributed by atoms with Crippen LogP contribution in [0.3, 0.4) is 0 Å². The number of hydrogen-bond acceptors (Lipinski definition) is 2. The molecule has 0 unspecified atom stereocenters. The zero-order valence-electron chi connectivity index (χ0n) is 8.13. The van der Waals surface area contributed by atoms with Gasteiger partial charge in [0.15, 0.2) is 0 Å². The Bertz CT molecular complexity index is 456. The van der Waals surface area contributed by atoms with Gasteiger partial charge in [0.2, 0.25) is 0 Å². The summed E-state index contributed by atoms with van der Waals surface area (Å²) in [5, 5.41) is 0.814. The Morgan fingerprint density at radius 3 is 3.13 bits per heavy atom. The van der Waals surface area contributed by atoms with Crippen molar-refractivity contribution in [2.45, 2.75) is 19.4 Å². The van der Waals surface area contributed by atoms with E-state index in [1.807, 2.05) is 12.1 Å². The molecule has 4 heteroatoms. The summed E-state index contributed by atoms with van der Waals surface area (Å²) in [6, 6.07) is 3.99. The summed E-state index contributed by atoms with van der Waals surface area (Å²) in [4.78, 5) is 6.98. The molecule has 2 nitrogen and oxygen atoms in total. The molecule has 3 rings (SSSR count). The Morgan fingerprint density at radius 1 is 1.40 bits per heavy atom. The van der Waals surface area contributed by atoms with E-state index >= 15 is 0 Å². The van der Waals surface area contributed by atoms with E-state index in [0.717, 1.165) is 40.3 Å². The maximum Gasteiger partial charge on any atom is 0.105 e. The van der Waals surface area contributed by atoms with E-state index in [1.54, 1.807) is 0 Å². The third-order valence-electron chi connectivity index (χ3n) is 2.93. The van der Waals surface area contributed by atoms with Crippen molar-refractivity contribution >= 4 is 39.1 Å². The zero-order valence-corrected chi connectivity index (χ0v) is 10.5. The largest absolute Gasteiger partial charge is 0.356 e. The number of benzene rings is 1. The first-order chi connectivity index (χ1) is 7.24. The molecule has 0 saturated carbocycles. The number of amidine groups is 1. The lowest BCUT2D eigenvalue weighted by molar-refractivity contribution is 0.443. The van der Waals surface area contributed by atoms with E-state index in [-0.39, 0.29) is 0 Å². The first-order valence-corrected chi connectivity index (χ1v) is 6.21. The highest BCUT2D eigenvalue weighted by Crippen LogP contribution is 2.37. The number of rotatable bonds is 0. The lowest BCUT2D eigenvalue weighted by Gasteiger charge is -2.25. The standard InChI is InChI=1S/C11H10BrClN2/c12-7-4-9(13)8-6-15-3-1-2-11(15)14-10(8)5-7/h4-5H,1-3,6H2. The Labute approximate surface area is 102 Å². The number of nitrogens with zero attached hydrogens (tertiary/aromatic N) is 2. The smallest absolute Gasteiger partial charge is 0.105 e. The van der Waals surface area contributed by atoms with Gasteiger partial charge in [0.1, 0.15) is 5.84 Å². The highest BCUT2D eigenvalue weighted by atomic mass is 79.9. The molecule has 0 aliphatic carbocycles. The van der Waals surface area contributed by atoms with Crippen molar-refractivity contribution < 1.29 is 0 Å². The van der Waals surface area contributed by atoms with Gasteiger partial charge in [-0.2, -0.15) is 0 Å². The van der Waals surface area contributed by atoms with Crippen molar-refractivity contribution in [1.29, 1.82) is 0 Å². The third kappa shape index (κ3) is 1.58. The van der Waals surface area contributed by atoms with Gasteiger partial charge in [0.05, 0.1) is 5.69 Å². The van der Waals surface area contributed by atoms with Crippen molar-refractivity contribution in [2.75, 3.05) is 6.54 Å². The van der Waals surface area contributed by atoms with Gasteiger partial charge in [-0.05, 0) is 18.6 Å². The van der Waals surface area contributed by atoms with Crippen molar-refractivity contribution in [3.8, 4) is 0 Å². The van der Waals surface area contributed by atoms with Crippen LogP contribution in [0, 0.1) is 0 Å². The molecule has 0 aromatic heterocycles. The minimum absolute atomic E-state index is 0.814. The summed E-state index contributed by atoms with van der Waals surface area (Å²) in [6.07, 6.45) is 2.31. The number of halogens is 2. The van der Waals surface area contributed by atoms with Crippen molar-refractivity contribution in [3.05, 3.63) is 27.2 Å². The van der Waals surface area contributed by atoms with E-state index in [1.165, 1.54) is 12.3 Å². The molecule has 0 spiro atoms. The van der Waals surface area contributed by atoms with Gasteiger partial charge in [-0.3, -0.25) is 0 Å². The van der Waals surface area contributed by atoms with Crippen molar-refractivity contribution in [3.63, 3.8) is 0 Å². The van der Waals surface area contributed by atoms with E-state index < -0.39 is 0 Å². The van der Waals surface area contributed by atoms with Crippen molar-refractivity contribution in [1.82, 2.24) is 4.90 Å². The number of fused-ring (bicyclic) bond motifs is 2. The van der Waals surface area contributed by atoms with Gasteiger partial charge < -0.3 is 4.90 Å². The van der Waals surface area contributed by atoms with E-state index in [4.69, 9.17) is 11.6 Å². The first kappa shape index (κ1) is 9.67. The SMILES string of the molecule is Clc1cc(Br)cc2c1CN1CCCC1=N2. The Balaban J connectivity index is 2.15. The summed E-state index contributed by atoms with van der Waals surface area (Å²) >= 11 is 9.66. The topological polar surface area (TPSA) is 15.6 Å². The minimum Gasteiger partial charge on any atom is -0.356 e. The maximum absolute atomic E-state index is 6.21. The molecule has 1 aromatic carbocycles. The summed E-state index contributed by atoms with van der Waals surface area (Å²) in [5.41, 5.74) is 2.19. The van der Waals surface area contributed by atoms with Crippen LogP contribution in [-0.4, -0.2) is 17.3 Å². The molecule has 15 heavy (non-hydrogen) atoms. The number of hydrogen-bond donors (Lipinski definition) is 0. The highest BCUT2D eigenvalue weighted by molar-refractivity contribution is 9.10. The molecule has 2 aliphatic heterocycles. The predicted octanol–water partition coefficient (Wildman–Crippen LogP) is 3.74. The maximum atomic E-state index is 6.21. The van der Waals surface area contributed by atoms with Gasteiger partial charge in [-0.25, -0.2) is 4.99 Å². The average molecular weight is 286 g/mol. The molecule has 0 atom stereocenters. The second kappa shape index (κ2) is 3.49. The molecule has 0 bridgehead atoms. The molecule has 2 aliphatic rings. The molecule has 0 amide bonds. The quantitative estimate of drug-likeness (QED) is 0.709. The fraction of sp³-hybridized carbons (Fsp3) is 0.364. The predicted molar refractivity (Wildman–Crippen MR) is 65.9 cm³/mol. The molecule has 78 valence electrons. The van der Waals surface area contributed by atoms with Gasteiger partial charge in [0, 0.05) is 34.6 Å². The molecule has 1 fully saturated rings. The van der Waals surface area contributed by atoms with Gasteiger partial charge in [-0.1, -0.05) is 27.5 Å². The molecule has 1 saturated heterocycles. The van der Waals surface area contributed by atoms with Crippen LogP contribution in [0.2, 0.25) is 5.02 Å². The third-order valence-corrected chi connectivity index (χ3v) is 3.72. The van der Waals surface area contributed by atoms with Crippen LogP contribution in [0.15, 0.2) is 21.6 Å². The summed E-state index contributed by atoms with van der Waals surface area (Å²) in [7, 11) is 0. The normalized spacial score (nSPS) is 18.5. The van der Waals surface area contributed by atoms with Gasteiger partial charge in [-0.15, -0.1) is 0 Å². The molecule has 1 aromatic rings. The fourth-order valence-electron chi connectivity index (χ4n) is 2.19. The fourth-order valence-corrected chi connectivity index (χ4v) is 3.04. The van der Waals surface area contributed by atoms with Crippen molar-refractivity contribution in [2.24, 2.45) is 4.99 Å². The average Bonchev–Trinajstić information content (AvgIpc) is 2.61. The summed E-state index contributed by atoms with van der Waals surface area (Å²) in [5.74, 6) is 1.22. The molecule has 2 heterocycles.